The van der Waals surface area contributed by atoms with E-state index in [1.807, 2.05) is 0 Å². The van der Waals surface area contributed by atoms with Crippen molar-refractivity contribution >= 4 is 22.9 Å². The summed E-state index contributed by atoms with van der Waals surface area (Å²) in [6, 6.07) is 2.76. The monoisotopic (exact) mass is 297 g/mol. The highest BCUT2D eigenvalue weighted by Crippen LogP contribution is 2.38. The fourth-order valence-corrected chi connectivity index (χ4v) is 5.17. The van der Waals surface area contributed by atoms with Gasteiger partial charge < -0.3 is 5.32 Å². The highest BCUT2D eigenvalue weighted by atomic mass is 35.5. The molecule has 1 nitrogen and oxygen atoms in total. The van der Waals surface area contributed by atoms with Crippen molar-refractivity contribution in [3.63, 3.8) is 0 Å². The van der Waals surface area contributed by atoms with Crippen LogP contribution in [0.5, 0.6) is 0 Å². The largest absolute Gasteiger partial charge is 0.310 e. The molecule has 106 valence electrons. The van der Waals surface area contributed by atoms with Crippen LogP contribution in [0.4, 0.5) is 0 Å². The Morgan fingerprint density at radius 3 is 3.05 bits per heavy atom. The van der Waals surface area contributed by atoms with Crippen molar-refractivity contribution in [3.8, 4) is 0 Å². The summed E-state index contributed by atoms with van der Waals surface area (Å²) >= 11 is 7.96. The maximum Gasteiger partial charge on any atom is 0.0934 e. The van der Waals surface area contributed by atoms with Gasteiger partial charge in [-0.15, -0.1) is 11.3 Å². The predicted molar refractivity (Wildman–Crippen MR) is 84.1 cm³/mol. The van der Waals surface area contributed by atoms with Gasteiger partial charge in [-0.2, -0.15) is 0 Å². The molecule has 0 amide bonds. The molecule has 0 bridgehead atoms. The van der Waals surface area contributed by atoms with Crippen LogP contribution in [0.1, 0.15) is 61.9 Å². The summed E-state index contributed by atoms with van der Waals surface area (Å²) in [4.78, 5) is 1.52. The highest BCUT2D eigenvalue weighted by Gasteiger charge is 2.24. The minimum Gasteiger partial charge on any atom is -0.310 e. The molecule has 0 saturated heterocycles. The Bertz CT molecular complexity index is 428. The van der Waals surface area contributed by atoms with Crippen LogP contribution in [0.2, 0.25) is 4.34 Å². The van der Waals surface area contributed by atoms with Gasteiger partial charge in [-0.05, 0) is 62.1 Å². The Balaban J connectivity index is 1.58. The summed E-state index contributed by atoms with van der Waals surface area (Å²) in [6.07, 6.45) is 9.51. The molecule has 2 aliphatic rings. The van der Waals surface area contributed by atoms with Crippen LogP contribution >= 0.6 is 22.9 Å². The van der Waals surface area contributed by atoms with Crippen molar-refractivity contribution < 1.29 is 0 Å². The van der Waals surface area contributed by atoms with Crippen LogP contribution in [0.3, 0.4) is 0 Å². The number of aryl methyl sites for hydroxylation is 1. The number of hydrogen-bond donors (Lipinski definition) is 1. The molecule has 3 heteroatoms. The first-order valence-corrected chi connectivity index (χ1v) is 8.93. The number of nitrogens with one attached hydrogen (secondary N) is 1. The summed E-state index contributed by atoms with van der Waals surface area (Å²) in [5.74, 6) is 1.82. The van der Waals surface area contributed by atoms with Gasteiger partial charge in [0, 0.05) is 10.9 Å². The van der Waals surface area contributed by atoms with Gasteiger partial charge in [-0.3, -0.25) is 0 Å². The van der Waals surface area contributed by atoms with Crippen molar-refractivity contribution in [3.05, 3.63) is 20.8 Å². The molecular formula is C16H24ClNS. The number of rotatable bonds is 3. The summed E-state index contributed by atoms with van der Waals surface area (Å²) in [7, 11) is 0. The summed E-state index contributed by atoms with van der Waals surface area (Å²) in [6.45, 7) is 3.60. The Labute approximate surface area is 125 Å². The number of hydrogen-bond acceptors (Lipinski definition) is 2. The van der Waals surface area contributed by atoms with Crippen LogP contribution in [0.15, 0.2) is 6.07 Å². The topological polar surface area (TPSA) is 12.0 Å². The maximum absolute atomic E-state index is 6.17. The lowest BCUT2D eigenvalue weighted by Gasteiger charge is -2.30. The average molecular weight is 298 g/mol. The molecular weight excluding hydrogens is 274 g/mol. The van der Waals surface area contributed by atoms with Crippen LogP contribution < -0.4 is 5.32 Å². The second-order valence-electron chi connectivity index (χ2n) is 6.42. The highest BCUT2D eigenvalue weighted by molar-refractivity contribution is 7.16. The molecule has 1 saturated carbocycles. The van der Waals surface area contributed by atoms with Crippen molar-refractivity contribution in [2.75, 3.05) is 6.54 Å². The van der Waals surface area contributed by atoms with Gasteiger partial charge in [0.05, 0.1) is 4.34 Å². The average Bonchev–Trinajstić information content (AvgIpc) is 2.77. The van der Waals surface area contributed by atoms with E-state index in [1.54, 1.807) is 11.3 Å². The lowest BCUT2D eigenvalue weighted by molar-refractivity contribution is 0.263. The first kappa shape index (κ1) is 13.9. The number of halogens is 1. The number of fused-ring (bicyclic) bond motifs is 1. The van der Waals surface area contributed by atoms with E-state index < -0.39 is 0 Å². The van der Waals surface area contributed by atoms with E-state index in [1.165, 1.54) is 61.9 Å². The molecule has 3 unspecified atom stereocenters. The lowest BCUT2D eigenvalue weighted by atomic mass is 9.82. The number of thiophene rings is 1. The molecule has 1 aromatic heterocycles. The summed E-state index contributed by atoms with van der Waals surface area (Å²) < 4.78 is 0.963. The zero-order valence-corrected chi connectivity index (χ0v) is 13.3. The first-order valence-electron chi connectivity index (χ1n) is 7.74. The molecule has 1 fully saturated rings. The SMILES string of the molecule is CC1CCCC(CNC2CCCc3sc(Cl)cc32)C1. The smallest absolute Gasteiger partial charge is 0.0934 e. The van der Waals surface area contributed by atoms with Gasteiger partial charge in [0.25, 0.3) is 0 Å². The molecule has 1 N–H and O–H groups in total. The Morgan fingerprint density at radius 2 is 2.21 bits per heavy atom. The van der Waals surface area contributed by atoms with Gasteiger partial charge >= 0.3 is 0 Å². The quantitative estimate of drug-likeness (QED) is 0.809. The molecule has 2 aliphatic carbocycles. The van der Waals surface area contributed by atoms with E-state index >= 15 is 0 Å². The van der Waals surface area contributed by atoms with E-state index in [0.717, 1.165) is 16.2 Å². The molecule has 1 aromatic rings. The van der Waals surface area contributed by atoms with Crippen LogP contribution in [0.25, 0.3) is 0 Å². The molecule has 3 atom stereocenters. The molecule has 0 spiro atoms. The van der Waals surface area contributed by atoms with Crippen molar-refractivity contribution in [1.82, 2.24) is 5.32 Å². The van der Waals surface area contributed by atoms with Gasteiger partial charge in [-0.25, -0.2) is 0 Å². The van der Waals surface area contributed by atoms with Gasteiger partial charge in [-0.1, -0.05) is 31.4 Å². The second-order valence-corrected chi connectivity index (χ2v) is 8.19. The van der Waals surface area contributed by atoms with Gasteiger partial charge in [0.15, 0.2) is 0 Å². The van der Waals surface area contributed by atoms with Crippen molar-refractivity contribution in [2.24, 2.45) is 11.8 Å². The fraction of sp³-hybridized carbons (Fsp3) is 0.750. The maximum atomic E-state index is 6.17. The Hall–Kier alpha value is -0.0500. The van der Waals surface area contributed by atoms with E-state index in [4.69, 9.17) is 11.6 Å². The van der Waals surface area contributed by atoms with Crippen LogP contribution in [0, 0.1) is 11.8 Å². The van der Waals surface area contributed by atoms with Crippen LogP contribution in [-0.2, 0) is 6.42 Å². The minimum atomic E-state index is 0.560. The molecule has 19 heavy (non-hydrogen) atoms. The molecule has 0 radical (unpaired) electrons. The van der Waals surface area contributed by atoms with Gasteiger partial charge in [0.2, 0.25) is 0 Å². The zero-order chi connectivity index (χ0) is 13.2. The van der Waals surface area contributed by atoms with E-state index in [9.17, 15) is 0 Å². The molecule has 0 aromatic carbocycles. The van der Waals surface area contributed by atoms with Gasteiger partial charge in [0.1, 0.15) is 0 Å². The van der Waals surface area contributed by atoms with Crippen molar-refractivity contribution in [2.45, 2.75) is 57.9 Å². The zero-order valence-electron chi connectivity index (χ0n) is 11.8. The van der Waals surface area contributed by atoms with Crippen LogP contribution in [-0.4, -0.2) is 6.54 Å². The van der Waals surface area contributed by atoms with Crippen molar-refractivity contribution in [1.29, 1.82) is 0 Å². The second kappa shape index (κ2) is 6.15. The molecule has 0 aliphatic heterocycles. The minimum absolute atomic E-state index is 0.560. The van der Waals surface area contributed by atoms with E-state index in [-0.39, 0.29) is 0 Å². The normalized spacial score (nSPS) is 31.2. The third kappa shape index (κ3) is 3.34. The summed E-state index contributed by atoms with van der Waals surface area (Å²) in [5.41, 5.74) is 1.49. The molecule has 3 rings (SSSR count). The van der Waals surface area contributed by atoms with E-state index in [2.05, 4.69) is 18.3 Å². The third-order valence-electron chi connectivity index (χ3n) is 4.78. The lowest BCUT2D eigenvalue weighted by Crippen LogP contribution is -2.31. The third-order valence-corrected chi connectivity index (χ3v) is 6.12. The standard InChI is InChI=1S/C16H24ClNS/c1-11-4-2-5-12(8-11)10-18-14-6-3-7-15-13(14)9-16(17)19-15/h9,11-12,14,18H,2-8,10H2,1H3. The Kier molecular flexibility index (Phi) is 4.51. The fourth-order valence-electron chi connectivity index (χ4n) is 3.79. The molecule has 1 heterocycles. The Morgan fingerprint density at radius 1 is 1.32 bits per heavy atom. The predicted octanol–water partition coefficient (Wildman–Crippen LogP) is 5.19. The van der Waals surface area contributed by atoms with E-state index in [0.29, 0.717) is 6.04 Å². The first-order chi connectivity index (χ1) is 9.22. The summed E-state index contributed by atoms with van der Waals surface area (Å²) in [5, 5.41) is 3.83.